The van der Waals surface area contributed by atoms with Gasteiger partial charge in [-0.05, 0) is 101 Å². The van der Waals surface area contributed by atoms with Crippen LogP contribution in [-0.2, 0) is 0 Å². The quantitative estimate of drug-likeness (QED) is 0.141. The second-order valence-electron chi connectivity index (χ2n) is 10.3. The number of para-hydroxylation sites is 1. The maximum Gasteiger partial charge on any atom is 0.135 e. The maximum absolute atomic E-state index is 10.00. The highest BCUT2D eigenvalue weighted by molar-refractivity contribution is 6.22. The van der Waals surface area contributed by atoms with Gasteiger partial charge in [0.15, 0.2) is 0 Å². The monoisotopic (exact) mass is 623 g/mol. The molecule has 218 valence electrons. The number of fused-ring (bicyclic) bond motifs is 8. The predicted octanol–water partition coefficient (Wildman–Crippen LogP) is 13.2. The lowest BCUT2D eigenvalue weighted by molar-refractivity contribution is 0.669. The molecular weight excluding hydrogens is 569 g/mol. The van der Waals surface area contributed by atoms with Crippen LogP contribution < -0.4 is 0 Å². The summed E-state index contributed by atoms with van der Waals surface area (Å²) < 4.78 is 250. The van der Waals surface area contributed by atoms with Crippen molar-refractivity contribution in [3.05, 3.63) is 169 Å². The van der Waals surface area contributed by atoms with E-state index in [0.29, 0.717) is 0 Å². The topological polar surface area (TPSA) is 13.1 Å². The zero-order valence-corrected chi connectivity index (χ0v) is 23.5. The molecule has 10 rings (SSSR count). The lowest BCUT2D eigenvalue weighted by Crippen LogP contribution is -1.91. The van der Waals surface area contributed by atoms with Crippen LogP contribution >= 0.6 is 0 Å². The average Bonchev–Trinajstić information content (AvgIpc) is 3.79. The van der Waals surface area contributed by atoms with Crippen molar-refractivity contribution >= 4 is 65.0 Å². The minimum absolute atomic E-state index is 0.307. The molecule has 0 saturated carbocycles. The second kappa shape index (κ2) is 10.2. The standard InChI is InChI=1S/C46H28O/c1-2-15-34-29(11-1)23-24-30-12-10-21-35(44(30)34)31-13-9-14-32(27-31)45-37-17-3-5-19-39(37)46(40-20-6-4-18-38(40)45)33-25-26-43-41(28-33)36-16-7-8-22-42(36)47-43/h1-28H/i1D,2D,3D,4D,5D,6D,7D,8D,9D,10D,11D,12D,13D,14D,16D,17D,18D,19D,20D,21D,22D,23D,24D,25D,26D,27D,28D. The Balaban J connectivity index is 1.51. The first-order chi connectivity index (χ1) is 34.6. The molecule has 0 amide bonds. The SMILES string of the molecule is [2H]c1cc2c(c([2H])c1[2H])c([2H])c([2H])c1c([2H])c([2H])c([2H])c(-c3c([2H])c([2H])c([2H])c(-c4c5c([2H])c([2H])c([2H])c([2H])c5c(-c5c([2H])c([2H])c6oc7c([2H])c([2H])c([2H])c([2H])c7c6c5[2H])c5c([2H])c([2H])c([2H])c([2H])c45)c3[2H])c12. The van der Waals surface area contributed by atoms with Gasteiger partial charge in [-0.15, -0.1) is 0 Å². The molecule has 0 aliphatic rings. The molecule has 0 aliphatic carbocycles. The van der Waals surface area contributed by atoms with Gasteiger partial charge < -0.3 is 4.42 Å². The van der Waals surface area contributed by atoms with Gasteiger partial charge >= 0.3 is 0 Å². The Morgan fingerprint density at radius 1 is 0.362 bits per heavy atom. The van der Waals surface area contributed by atoms with Crippen molar-refractivity contribution in [3.63, 3.8) is 0 Å². The Hall–Kier alpha value is -6.18. The molecule has 9 aromatic carbocycles. The fourth-order valence-corrected chi connectivity index (χ4v) is 5.87. The van der Waals surface area contributed by atoms with Gasteiger partial charge in [0.1, 0.15) is 11.2 Å². The molecule has 1 aromatic heterocycles. The smallest absolute Gasteiger partial charge is 0.135 e. The fraction of sp³-hybridized carbons (Fsp3) is 0. The zero-order chi connectivity index (χ0) is 54.4. The zero-order valence-electron chi connectivity index (χ0n) is 50.5. The highest BCUT2D eigenvalue weighted by Crippen LogP contribution is 2.45. The van der Waals surface area contributed by atoms with Crippen molar-refractivity contribution in [2.75, 3.05) is 0 Å². The van der Waals surface area contributed by atoms with Gasteiger partial charge in [0.2, 0.25) is 0 Å². The van der Waals surface area contributed by atoms with Crippen LogP contribution in [0.1, 0.15) is 37.0 Å². The van der Waals surface area contributed by atoms with Gasteiger partial charge in [-0.1, -0.05) is 145 Å². The summed E-state index contributed by atoms with van der Waals surface area (Å²) in [5.74, 6) is 0. The van der Waals surface area contributed by atoms with Crippen molar-refractivity contribution < 1.29 is 41.4 Å². The third-order valence-corrected chi connectivity index (χ3v) is 7.84. The molecule has 1 nitrogen and oxygen atoms in total. The van der Waals surface area contributed by atoms with E-state index in [2.05, 4.69) is 0 Å². The normalized spacial score (nSPS) is 19.9. The van der Waals surface area contributed by atoms with Crippen molar-refractivity contribution in [1.29, 1.82) is 0 Å². The van der Waals surface area contributed by atoms with Crippen LogP contribution in [0.4, 0.5) is 0 Å². The largest absolute Gasteiger partial charge is 0.456 e. The van der Waals surface area contributed by atoms with Gasteiger partial charge in [0.05, 0.1) is 37.0 Å². The number of furan rings is 1. The van der Waals surface area contributed by atoms with E-state index in [1.165, 1.54) is 0 Å². The van der Waals surface area contributed by atoms with E-state index < -0.39 is 256 Å². The van der Waals surface area contributed by atoms with Gasteiger partial charge in [-0.2, -0.15) is 0 Å². The summed E-state index contributed by atoms with van der Waals surface area (Å²) >= 11 is 0. The third-order valence-electron chi connectivity index (χ3n) is 7.84. The molecule has 0 spiro atoms. The van der Waals surface area contributed by atoms with Crippen LogP contribution in [0.25, 0.3) is 98.4 Å². The first-order valence-electron chi connectivity index (χ1n) is 27.5. The van der Waals surface area contributed by atoms with Crippen LogP contribution in [0.3, 0.4) is 0 Å². The van der Waals surface area contributed by atoms with Gasteiger partial charge in [0, 0.05) is 10.8 Å². The first-order valence-corrected chi connectivity index (χ1v) is 14.0. The van der Waals surface area contributed by atoms with E-state index in [4.69, 9.17) is 26.3 Å². The lowest BCUT2D eigenvalue weighted by Gasteiger charge is -2.18. The van der Waals surface area contributed by atoms with Crippen LogP contribution in [0, 0.1) is 0 Å². The predicted molar refractivity (Wildman–Crippen MR) is 200 cm³/mol. The summed E-state index contributed by atoms with van der Waals surface area (Å²) in [6.45, 7) is 0. The molecule has 0 N–H and O–H groups in total. The van der Waals surface area contributed by atoms with E-state index in [1.807, 2.05) is 0 Å². The van der Waals surface area contributed by atoms with Gasteiger partial charge in [-0.3, -0.25) is 0 Å². The molecule has 1 heterocycles. The lowest BCUT2D eigenvalue weighted by atomic mass is 9.85. The van der Waals surface area contributed by atoms with E-state index in [-0.39, 0.29) is 5.39 Å². The minimum atomic E-state index is -1.07. The summed E-state index contributed by atoms with van der Waals surface area (Å²) in [7, 11) is 0. The van der Waals surface area contributed by atoms with Gasteiger partial charge in [0.25, 0.3) is 0 Å². The van der Waals surface area contributed by atoms with Crippen molar-refractivity contribution in [1.82, 2.24) is 0 Å². The Morgan fingerprint density at radius 3 is 1.70 bits per heavy atom. The maximum atomic E-state index is 10.00. The van der Waals surface area contributed by atoms with E-state index in [9.17, 15) is 15.1 Å². The highest BCUT2D eigenvalue weighted by Gasteiger charge is 2.18. The van der Waals surface area contributed by atoms with Crippen molar-refractivity contribution in [2.45, 2.75) is 0 Å². The summed E-state index contributed by atoms with van der Waals surface area (Å²) in [5, 5.41) is -5.60. The average molecular weight is 624 g/mol. The number of hydrogen-bond acceptors (Lipinski definition) is 1. The van der Waals surface area contributed by atoms with E-state index in [0.717, 1.165) is 6.07 Å². The number of hydrogen-bond donors (Lipinski definition) is 0. The Kier molecular flexibility index (Phi) is 2.37. The van der Waals surface area contributed by atoms with Crippen molar-refractivity contribution in [2.24, 2.45) is 0 Å². The Labute approximate surface area is 309 Å². The highest BCUT2D eigenvalue weighted by atomic mass is 16.3. The van der Waals surface area contributed by atoms with Crippen LogP contribution in [0.15, 0.2) is 174 Å². The molecule has 0 aliphatic heterocycles. The molecule has 47 heavy (non-hydrogen) atoms. The summed E-state index contributed by atoms with van der Waals surface area (Å²) in [6.07, 6.45) is 0. The van der Waals surface area contributed by atoms with Crippen LogP contribution in [-0.4, -0.2) is 0 Å². The van der Waals surface area contributed by atoms with Crippen molar-refractivity contribution in [3.8, 4) is 33.4 Å². The molecule has 1 heteroatoms. The summed E-state index contributed by atoms with van der Waals surface area (Å²) in [5.41, 5.74) is -5.66. The molecule has 0 atom stereocenters. The van der Waals surface area contributed by atoms with Crippen LogP contribution in [0.2, 0.25) is 0 Å². The molecule has 0 bridgehead atoms. The second-order valence-corrected chi connectivity index (χ2v) is 10.3. The summed E-state index contributed by atoms with van der Waals surface area (Å²) in [4.78, 5) is 0. The summed E-state index contributed by atoms with van der Waals surface area (Å²) in [6, 6.07) is -23.0. The molecule has 0 unspecified atom stereocenters. The molecule has 0 radical (unpaired) electrons. The fourth-order valence-electron chi connectivity index (χ4n) is 5.87. The number of rotatable bonds is 3. The van der Waals surface area contributed by atoms with Gasteiger partial charge in [-0.25, -0.2) is 0 Å². The number of benzene rings is 9. The Morgan fingerprint density at radius 2 is 0.936 bits per heavy atom. The molecule has 0 fully saturated rings. The molecule has 10 aromatic rings. The Bertz CT molecular complexity index is 4310. The van der Waals surface area contributed by atoms with E-state index in [1.54, 1.807) is 0 Å². The minimum Gasteiger partial charge on any atom is -0.456 e. The third kappa shape index (κ3) is 3.97. The van der Waals surface area contributed by atoms with Crippen LogP contribution in [0.5, 0.6) is 0 Å². The van der Waals surface area contributed by atoms with E-state index >= 15 is 0 Å². The molecule has 0 saturated heterocycles. The first kappa shape index (κ1) is 11.0. The molecular formula is C46H28O.